The minimum atomic E-state index is 0.0251. The fraction of sp³-hybridized carbons (Fsp3) is 0.636. The Morgan fingerprint density at radius 1 is 1.11 bits per heavy atom. The Morgan fingerprint density at radius 2 is 1.79 bits per heavy atom. The van der Waals surface area contributed by atoms with Gasteiger partial charge in [0, 0.05) is 57.4 Å². The molecule has 2 amide bonds. The summed E-state index contributed by atoms with van der Waals surface area (Å²) in [5, 5.41) is 3.00. The van der Waals surface area contributed by atoms with E-state index < -0.39 is 0 Å². The summed E-state index contributed by atoms with van der Waals surface area (Å²) in [5.74, 6) is 0.787. The van der Waals surface area contributed by atoms with Gasteiger partial charge in [-0.3, -0.25) is 9.59 Å². The third kappa shape index (κ3) is 6.82. The van der Waals surface area contributed by atoms with Crippen LogP contribution in [0.15, 0.2) is 18.2 Å². The highest BCUT2D eigenvalue weighted by molar-refractivity contribution is 5.91. The molecular weight excluding hydrogens is 352 g/mol. The maximum absolute atomic E-state index is 12.8. The van der Waals surface area contributed by atoms with Crippen molar-refractivity contribution < 1.29 is 9.59 Å². The lowest BCUT2D eigenvalue weighted by Crippen LogP contribution is -2.37. The average molecular weight is 389 g/mol. The number of anilines is 2. The molecule has 1 aromatic carbocycles. The van der Waals surface area contributed by atoms with Crippen molar-refractivity contribution in [2.75, 3.05) is 51.5 Å². The number of hydrogen-bond donors (Lipinski definition) is 1. The number of nitrogens with one attached hydrogen (secondary N) is 1. The second-order valence-corrected chi connectivity index (χ2v) is 8.72. The van der Waals surface area contributed by atoms with Crippen LogP contribution in [0, 0.1) is 11.8 Å². The molecular formula is C22H36N4O2. The highest BCUT2D eigenvalue weighted by Crippen LogP contribution is 2.32. The SMILES string of the molecule is CC(C)CC(=O)Nc1ccc(N(C)C)c(CN(CCN(C)C)C(=O)C2CC2)c1. The lowest BCUT2D eigenvalue weighted by molar-refractivity contribution is -0.133. The van der Waals surface area contributed by atoms with Crippen molar-refractivity contribution in [2.24, 2.45) is 11.8 Å². The van der Waals surface area contributed by atoms with Crippen LogP contribution in [0.5, 0.6) is 0 Å². The van der Waals surface area contributed by atoms with Gasteiger partial charge in [-0.15, -0.1) is 0 Å². The van der Waals surface area contributed by atoms with Gasteiger partial charge in [0.25, 0.3) is 0 Å². The van der Waals surface area contributed by atoms with Crippen molar-refractivity contribution >= 4 is 23.2 Å². The summed E-state index contributed by atoms with van der Waals surface area (Å²) < 4.78 is 0. The molecule has 0 heterocycles. The standard InChI is InChI=1S/C22H36N4O2/c1-16(2)13-21(27)23-19-9-10-20(25(5)6)18(14-19)15-26(12-11-24(3)4)22(28)17-7-8-17/h9-10,14,16-17H,7-8,11-13,15H2,1-6H3,(H,23,27). The monoisotopic (exact) mass is 388 g/mol. The van der Waals surface area contributed by atoms with E-state index in [0.717, 1.165) is 36.3 Å². The minimum Gasteiger partial charge on any atom is -0.377 e. The zero-order chi connectivity index (χ0) is 20.8. The first-order chi connectivity index (χ1) is 13.2. The predicted molar refractivity (Wildman–Crippen MR) is 116 cm³/mol. The molecule has 0 saturated heterocycles. The summed E-state index contributed by atoms with van der Waals surface area (Å²) >= 11 is 0. The fourth-order valence-electron chi connectivity index (χ4n) is 3.19. The maximum Gasteiger partial charge on any atom is 0.226 e. The molecule has 6 heteroatoms. The van der Waals surface area contributed by atoms with Crippen molar-refractivity contribution in [1.82, 2.24) is 9.80 Å². The summed E-state index contributed by atoms with van der Waals surface area (Å²) in [6.45, 7) is 6.17. The van der Waals surface area contributed by atoms with Gasteiger partial charge >= 0.3 is 0 Å². The Balaban J connectivity index is 2.21. The van der Waals surface area contributed by atoms with Crippen LogP contribution >= 0.6 is 0 Å². The molecule has 0 bridgehead atoms. The van der Waals surface area contributed by atoms with E-state index in [2.05, 4.69) is 15.1 Å². The van der Waals surface area contributed by atoms with Crippen molar-refractivity contribution in [3.63, 3.8) is 0 Å². The average Bonchev–Trinajstić information content (AvgIpc) is 3.41. The summed E-state index contributed by atoms with van der Waals surface area (Å²) in [4.78, 5) is 31.1. The van der Waals surface area contributed by atoms with E-state index in [1.807, 2.05) is 65.1 Å². The van der Waals surface area contributed by atoms with Crippen LogP contribution in [0.25, 0.3) is 0 Å². The lowest BCUT2D eigenvalue weighted by atomic mass is 10.1. The molecule has 1 N–H and O–H groups in total. The van der Waals surface area contributed by atoms with E-state index in [0.29, 0.717) is 25.4 Å². The van der Waals surface area contributed by atoms with E-state index in [4.69, 9.17) is 0 Å². The molecule has 0 spiro atoms. The lowest BCUT2D eigenvalue weighted by Gasteiger charge is -2.27. The fourth-order valence-corrected chi connectivity index (χ4v) is 3.19. The van der Waals surface area contributed by atoms with Crippen molar-refractivity contribution in [2.45, 2.75) is 39.7 Å². The largest absolute Gasteiger partial charge is 0.377 e. The Morgan fingerprint density at radius 3 is 2.32 bits per heavy atom. The number of carbonyl (C=O) groups is 2. The molecule has 0 unspecified atom stereocenters. The summed E-state index contributed by atoms with van der Waals surface area (Å²) in [7, 11) is 8.05. The molecule has 2 rings (SSSR count). The van der Waals surface area contributed by atoms with Crippen molar-refractivity contribution in [3.05, 3.63) is 23.8 Å². The molecule has 1 aliphatic rings. The maximum atomic E-state index is 12.8. The first kappa shape index (κ1) is 22.2. The van der Waals surface area contributed by atoms with Crippen LogP contribution in [0.1, 0.15) is 38.7 Å². The predicted octanol–water partition coefficient (Wildman–Crippen LogP) is 3.04. The number of amides is 2. The van der Waals surface area contributed by atoms with Crippen LogP contribution in [-0.4, -0.2) is 62.9 Å². The normalized spacial score (nSPS) is 13.7. The van der Waals surface area contributed by atoms with Gasteiger partial charge in [-0.05, 0) is 56.6 Å². The van der Waals surface area contributed by atoms with Crippen LogP contribution in [0.4, 0.5) is 11.4 Å². The summed E-state index contributed by atoms with van der Waals surface area (Å²) in [6, 6.07) is 5.96. The first-order valence-corrected chi connectivity index (χ1v) is 10.2. The van der Waals surface area contributed by atoms with Gasteiger partial charge in [0.15, 0.2) is 0 Å². The Kier molecular flexibility index (Phi) is 7.87. The van der Waals surface area contributed by atoms with Crippen LogP contribution in [0.3, 0.4) is 0 Å². The zero-order valence-electron chi connectivity index (χ0n) is 18.3. The molecule has 156 valence electrons. The number of benzene rings is 1. The Bertz CT molecular complexity index is 681. The molecule has 0 radical (unpaired) electrons. The second-order valence-electron chi connectivity index (χ2n) is 8.72. The smallest absolute Gasteiger partial charge is 0.226 e. The molecule has 0 aliphatic heterocycles. The summed E-state index contributed by atoms with van der Waals surface area (Å²) in [5.41, 5.74) is 2.91. The van der Waals surface area contributed by atoms with Crippen LogP contribution < -0.4 is 10.2 Å². The van der Waals surface area contributed by atoms with Gasteiger partial charge in [-0.2, -0.15) is 0 Å². The first-order valence-electron chi connectivity index (χ1n) is 10.2. The molecule has 0 atom stereocenters. The van der Waals surface area contributed by atoms with Gasteiger partial charge in [-0.25, -0.2) is 0 Å². The zero-order valence-corrected chi connectivity index (χ0v) is 18.3. The molecule has 6 nitrogen and oxygen atoms in total. The van der Waals surface area contributed by atoms with E-state index in [1.165, 1.54) is 0 Å². The van der Waals surface area contributed by atoms with E-state index >= 15 is 0 Å². The number of likely N-dealkylation sites (N-methyl/N-ethyl adjacent to an activating group) is 1. The molecule has 1 aromatic rings. The van der Waals surface area contributed by atoms with Crippen LogP contribution in [0.2, 0.25) is 0 Å². The van der Waals surface area contributed by atoms with Crippen LogP contribution in [-0.2, 0) is 16.1 Å². The molecule has 1 aliphatic carbocycles. The van der Waals surface area contributed by atoms with E-state index in [9.17, 15) is 9.59 Å². The quantitative estimate of drug-likeness (QED) is 0.669. The number of carbonyl (C=O) groups excluding carboxylic acids is 2. The second kappa shape index (κ2) is 9.92. The van der Waals surface area contributed by atoms with Crippen molar-refractivity contribution in [3.8, 4) is 0 Å². The summed E-state index contributed by atoms with van der Waals surface area (Å²) in [6.07, 6.45) is 2.51. The molecule has 1 fully saturated rings. The molecule has 1 saturated carbocycles. The minimum absolute atomic E-state index is 0.0251. The number of rotatable bonds is 10. The van der Waals surface area contributed by atoms with Gasteiger partial charge < -0.3 is 20.0 Å². The van der Waals surface area contributed by atoms with Gasteiger partial charge in [0.1, 0.15) is 0 Å². The number of hydrogen-bond acceptors (Lipinski definition) is 4. The Hall–Kier alpha value is -2.08. The highest BCUT2D eigenvalue weighted by Gasteiger charge is 2.33. The third-order valence-electron chi connectivity index (χ3n) is 4.86. The molecule has 0 aromatic heterocycles. The highest BCUT2D eigenvalue weighted by atomic mass is 16.2. The topological polar surface area (TPSA) is 55.9 Å². The van der Waals surface area contributed by atoms with E-state index in [-0.39, 0.29) is 17.7 Å². The van der Waals surface area contributed by atoms with Gasteiger partial charge in [0.2, 0.25) is 11.8 Å². The van der Waals surface area contributed by atoms with Gasteiger partial charge in [-0.1, -0.05) is 13.8 Å². The van der Waals surface area contributed by atoms with E-state index in [1.54, 1.807) is 0 Å². The van der Waals surface area contributed by atoms with Crippen molar-refractivity contribution in [1.29, 1.82) is 0 Å². The Labute approximate surface area is 169 Å². The third-order valence-corrected chi connectivity index (χ3v) is 4.86. The number of nitrogens with zero attached hydrogens (tertiary/aromatic N) is 3. The van der Waals surface area contributed by atoms with Gasteiger partial charge in [0.05, 0.1) is 0 Å². The molecule has 28 heavy (non-hydrogen) atoms.